The lowest BCUT2D eigenvalue weighted by Crippen LogP contribution is -2.46. The van der Waals surface area contributed by atoms with Gasteiger partial charge in [-0.15, -0.1) is 0 Å². The summed E-state index contributed by atoms with van der Waals surface area (Å²) in [6.45, 7) is 5.67. The first kappa shape index (κ1) is 14.4. The van der Waals surface area contributed by atoms with Crippen LogP contribution in [0.3, 0.4) is 0 Å². The first-order valence-electron chi connectivity index (χ1n) is 6.86. The Morgan fingerprint density at radius 1 is 1.53 bits per heavy atom. The van der Waals surface area contributed by atoms with E-state index in [1.807, 2.05) is 29.2 Å². The summed E-state index contributed by atoms with van der Waals surface area (Å²) in [6.07, 6.45) is 2.02. The summed E-state index contributed by atoms with van der Waals surface area (Å²) in [5.74, 6) is 0.201. The van der Waals surface area contributed by atoms with Crippen molar-refractivity contribution in [3.8, 4) is 0 Å². The lowest BCUT2D eigenvalue weighted by molar-refractivity contribution is -0.135. The molecule has 1 atom stereocenters. The van der Waals surface area contributed by atoms with Gasteiger partial charge in [0, 0.05) is 17.6 Å². The zero-order chi connectivity index (χ0) is 13.8. The Kier molecular flexibility index (Phi) is 4.83. The molecule has 2 rings (SSSR count). The van der Waals surface area contributed by atoms with Crippen molar-refractivity contribution in [3.63, 3.8) is 0 Å². The van der Waals surface area contributed by atoms with E-state index >= 15 is 0 Å². The van der Waals surface area contributed by atoms with Crippen molar-refractivity contribution in [2.45, 2.75) is 45.3 Å². The van der Waals surface area contributed by atoms with Crippen LogP contribution >= 0.6 is 11.6 Å². The fourth-order valence-electron chi connectivity index (χ4n) is 2.44. The molecule has 1 N–H and O–H groups in total. The van der Waals surface area contributed by atoms with Crippen LogP contribution in [-0.4, -0.2) is 29.4 Å². The fraction of sp³-hybridized carbons (Fsp3) is 0.533. The lowest BCUT2D eigenvalue weighted by Gasteiger charge is -2.29. The zero-order valence-electron chi connectivity index (χ0n) is 11.5. The van der Waals surface area contributed by atoms with E-state index in [1.165, 1.54) is 0 Å². The quantitative estimate of drug-likeness (QED) is 0.920. The number of nitrogens with one attached hydrogen (secondary N) is 1. The number of hydrogen-bond donors (Lipinski definition) is 1. The molecule has 1 fully saturated rings. The molecule has 1 saturated heterocycles. The molecule has 1 aromatic carbocycles. The molecule has 3 nitrogen and oxygen atoms in total. The van der Waals surface area contributed by atoms with Gasteiger partial charge in [-0.25, -0.2) is 0 Å². The van der Waals surface area contributed by atoms with E-state index in [0.717, 1.165) is 24.9 Å². The summed E-state index contributed by atoms with van der Waals surface area (Å²) in [5, 5.41) is 3.99. The molecule has 104 valence electrons. The highest BCUT2D eigenvalue weighted by molar-refractivity contribution is 6.30. The van der Waals surface area contributed by atoms with E-state index in [1.54, 1.807) is 0 Å². The summed E-state index contributed by atoms with van der Waals surface area (Å²) in [7, 11) is 0. The number of carbonyl (C=O) groups excluding carboxylic acids is 1. The summed E-state index contributed by atoms with van der Waals surface area (Å²) in [5.41, 5.74) is 1.08. The maximum atomic E-state index is 12.5. The molecule has 1 amide bonds. The van der Waals surface area contributed by atoms with E-state index in [9.17, 15) is 4.79 Å². The van der Waals surface area contributed by atoms with Gasteiger partial charge in [0.05, 0.1) is 6.04 Å². The minimum atomic E-state index is -0.0124. The fourth-order valence-corrected chi connectivity index (χ4v) is 2.66. The van der Waals surface area contributed by atoms with Crippen LogP contribution in [0.15, 0.2) is 24.3 Å². The largest absolute Gasteiger partial charge is 0.335 e. The van der Waals surface area contributed by atoms with Gasteiger partial charge in [0.1, 0.15) is 0 Å². The second kappa shape index (κ2) is 6.40. The summed E-state index contributed by atoms with van der Waals surface area (Å²) in [6, 6.07) is 7.89. The van der Waals surface area contributed by atoms with E-state index in [-0.39, 0.29) is 18.0 Å². The molecule has 1 aliphatic rings. The van der Waals surface area contributed by atoms with Gasteiger partial charge in [-0.1, -0.05) is 23.7 Å². The molecular weight excluding hydrogens is 260 g/mol. The molecule has 1 aromatic rings. The van der Waals surface area contributed by atoms with Crippen molar-refractivity contribution >= 4 is 17.5 Å². The maximum Gasteiger partial charge on any atom is 0.240 e. The molecule has 0 saturated carbocycles. The molecule has 0 aromatic heterocycles. The molecule has 1 heterocycles. The zero-order valence-corrected chi connectivity index (χ0v) is 12.3. The Bertz CT molecular complexity index is 442. The van der Waals surface area contributed by atoms with Crippen LogP contribution in [0, 0.1) is 0 Å². The molecule has 0 radical (unpaired) electrons. The number of benzene rings is 1. The monoisotopic (exact) mass is 280 g/mol. The van der Waals surface area contributed by atoms with Crippen molar-refractivity contribution in [2.75, 3.05) is 6.54 Å². The number of amides is 1. The Balaban J connectivity index is 2.09. The average Bonchev–Trinajstić information content (AvgIpc) is 2.88. The van der Waals surface area contributed by atoms with Crippen LogP contribution in [0.2, 0.25) is 5.02 Å². The van der Waals surface area contributed by atoms with Gasteiger partial charge < -0.3 is 10.2 Å². The van der Waals surface area contributed by atoms with E-state index in [0.29, 0.717) is 11.6 Å². The molecule has 0 bridgehead atoms. The highest BCUT2D eigenvalue weighted by Crippen LogP contribution is 2.17. The average molecular weight is 281 g/mol. The van der Waals surface area contributed by atoms with Gasteiger partial charge in [0.2, 0.25) is 5.91 Å². The van der Waals surface area contributed by atoms with E-state index in [2.05, 4.69) is 19.2 Å². The first-order valence-corrected chi connectivity index (χ1v) is 7.24. The summed E-state index contributed by atoms with van der Waals surface area (Å²) < 4.78 is 0. The Hall–Kier alpha value is -1.06. The molecule has 0 unspecified atom stereocenters. The third kappa shape index (κ3) is 3.71. The number of nitrogens with zero attached hydrogens (tertiary/aromatic N) is 1. The minimum absolute atomic E-state index is 0.0124. The second-order valence-corrected chi connectivity index (χ2v) is 5.78. The van der Waals surface area contributed by atoms with Gasteiger partial charge in [-0.2, -0.15) is 0 Å². The Morgan fingerprint density at radius 3 is 2.89 bits per heavy atom. The minimum Gasteiger partial charge on any atom is -0.335 e. The van der Waals surface area contributed by atoms with Crippen LogP contribution in [-0.2, 0) is 11.3 Å². The van der Waals surface area contributed by atoms with Gasteiger partial charge in [0.25, 0.3) is 0 Å². The van der Waals surface area contributed by atoms with Crippen molar-refractivity contribution < 1.29 is 4.79 Å². The van der Waals surface area contributed by atoms with Crippen LogP contribution in [0.1, 0.15) is 32.3 Å². The molecule has 1 aliphatic heterocycles. The second-order valence-electron chi connectivity index (χ2n) is 5.34. The predicted molar refractivity (Wildman–Crippen MR) is 78.2 cm³/mol. The maximum absolute atomic E-state index is 12.5. The van der Waals surface area contributed by atoms with Crippen LogP contribution in [0.4, 0.5) is 0 Å². The Labute approximate surface area is 119 Å². The van der Waals surface area contributed by atoms with Crippen molar-refractivity contribution in [1.82, 2.24) is 10.2 Å². The topological polar surface area (TPSA) is 32.3 Å². The van der Waals surface area contributed by atoms with Gasteiger partial charge in [0.15, 0.2) is 0 Å². The Morgan fingerprint density at radius 2 is 2.32 bits per heavy atom. The van der Waals surface area contributed by atoms with Gasteiger partial charge in [-0.3, -0.25) is 4.79 Å². The third-order valence-electron chi connectivity index (χ3n) is 3.51. The highest BCUT2D eigenvalue weighted by Gasteiger charge is 2.28. The van der Waals surface area contributed by atoms with Crippen molar-refractivity contribution in [1.29, 1.82) is 0 Å². The number of rotatable bonds is 4. The highest BCUT2D eigenvalue weighted by atomic mass is 35.5. The number of carbonyl (C=O) groups is 1. The predicted octanol–water partition coefficient (Wildman–Crippen LogP) is 2.83. The normalized spacial score (nSPS) is 18.8. The SMILES string of the molecule is CC(C)N(Cc1cccc(Cl)c1)C(=O)[C@H]1CCCN1. The molecule has 19 heavy (non-hydrogen) atoms. The molecule has 0 aliphatic carbocycles. The number of hydrogen-bond acceptors (Lipinski definition) is 2. The van der Waals surface area contributed by atoms with Crippen LogP contribution < -0.4 is 5.32 Å². The molecular formula is C15H21ClN2O. The van der Waals surface area contributed by atoms with E-state index < -0.39 is 0 Å². The molecule has 4 heteroatoms. The van der Waals surface area contributed by atoms with E-state index in [4.69, 9.17) is 11.6 Å². The smallest absolute Gasteiger partial charge is 0.240 e. The van der Waals surface area contributed by atoms with Gasteiger partial charge in [-0.05, 0) is 50.9 Å². The van der Waals surface area contributed by atoms with Gasteiger partial charge >= 0.3 is 0 Å². The summed E-state index contributed by atoms with van der Waals surface area (Å²) in [4.78, 5) is 14.4. The van der Waals surface area contributed by atoms with Crippen LogP contribution in [0.25, 0.3) is 0 Å². The lowest BCUT2D eigenvalue weighted by atomic mass is 10.1. The standard InChI is InChI=1S/C15H21ClN2O/c1-11(2)18(15(19)14-7-4-8-17-14)10-12-5-3-6-13(16)9-12/h3,5-6,9,11,14,17H,4,7-8,10H2,1-2H3/t14-/m1/s1. The third-order valence-corrected chi connectivity index (χ3v) is 3.74. The summed E-state index contributed by atoms with van der Waals surface area (Å²) >= 11 is 6.00. The first-order chi connectivity index (χ1) is 9.08. The number of halogens is 1. The molecule has 0 spiro atoms. The van der Waals surface area contributed by atoms with Crippen molar-refractivity contribution in [2.24, 2.45) is 0 Å². The van der Waals surface area contributed by atoms with Crippen molar-refractivity contribution in [3.05, 3.63) is 34.9 Å². The van der Waals surface area contributed by atoms with Crippen LogP contribution in [0.5, 0.6) is 0 Å².